The first-order chi connectivity index (χ1) is 13.0. The molecule has 2 fully saturated rings. The van der Waals surface area contributed by atoms with Crippen LogP contribution in [0.1, 0.15) is 58.6 Å². The van der Waals surface area contributed by atoms with Crippen molar-refractivity contribution in [2.24, 2.45) is 11.8 Å². The second-order valence-electron chi connectivity index (χ2n) is 8.74. The molecule has 2 N–H and O–H groups in total. The van der Waals surface area contributed by atoms with Gasteiger partial charge in [-0.05, 0) is 44.9 Å². The van der Waals surface area contributed by atoms with Gasteiger partial charge in [0.1, 0.15) is 5.54 Å². The first kappa shape index (κ1) is 20.8. The molecule has 28 heavy (non-hydrogen) atoms. The highest BCUT2D eigenvalue weighted by Crippen LogP contribution is 2.52. The third-order valence-corrected chi connectivity index (χ3v) is 6.07. The first-order valence-corrected chi connectivity index (χ1v) is 10.1. The Kier molecular flexibility index (Phi) is 5.32. The predicted octanol–water partition coefficient (Wildman–Crippen LogP) is 3.40. The maximum absolute atomic E-state index is 13.3. The minimum Gasteiger partial charge on any atom is -0.480 e. The van der Waals surface area contributed by atoms with Crippen LogP contribution >= 0.6 is 11.6 Å². The molecule has 0 saturated carbocycles. The number of likely N-dealkylation sites (tertiary alicyclic amines) is 1. The normalized spacial score (nSPS) is 30.0. The van der Waals surface area contributed by atoms with Crippen LogP contribution in [0.4, 0.5) is 0 Å². The van der Waals surface area contributed by atoms with Crippen molar-refractivity contribution >= 4 is 29.4 Å². The Hall–Kier alpha value is -1.92. The van der Waals surface area contributed by atoms with Crippen molar-refractivity contribution in [2.45, 2.75) is 64.1 Å². The molecule has 4 atom stereocenters. The van der Waals surface area contributed by atoms with E-state index in [4.69, 9.17) is 11.6 Å². The molecule has 2 amide bonds. The lowest BCUT2D eigenvalue weighted by molar-refractivity contribution is -0.154. The van der Waals surface area contributed by atoms with E-state index in [2.05, 4.69) is 5.32 Å². The second kappa shape index (κ2) is 7.16. The number of imide groups is 1. The number of carboxylic acids is 1. The third kappa shape index (κ3) is 3.12. The van der Waals surface area contributed by atoms with E-state index in [9.17, 15) is 19.5 Å². The average molecular weight is 407 g/mol. The number of rotatable bonds is 5. The van der Waals surface area contributed by atoms with E-state index >= 15 is 0 Å². The molecule has 2 aliphatic rings. The van der Waals surface area contributed by atoms with Crippen LogP contribution in [0.15, 0.2) is 24.3 Å². The van der Waals surface area contributed by atoms with Crippen LogP contribution < -0.4 is 5.32 Å². The topological polar surface area (TPSA) is 86.7 Å². The van der Waals surface area contributed by atoms with Gasteiger partial charge in [0, 0.05) is 16.6 Å². The number of hydrogen-bond acceptors (Lipinski definition) is 4. The van der Waals surface area contributed by atoms with Gasteiger partial charge in [0.2, 0.25) is 11.8 Å². The van der Waals surface area contributed by atoms with E-state index in [0.717, 1.165) is 12.0 Å². The predicted molar refractivity (Wildman–Crippen MR) is 106 cm³/mol. The van der Waals surface area contributed by atoms with Gasteiger partial charge in [-0.1, -0.05) is 43.5 Å². The smallest absolute Gasteiger partial charge is 0.324 e. The van der Waals surface area contributed by atoms with Gasteiger partial charge in [-0.25, -0.2) is 0 Å². The van der Waals surface area contributed by atoms with Crippen LogP contribution in [0.5, 0.6) is 0 Å². The molecule has 0 aliphatic carbocycles. The number of carbonyl (C=O) groups is 3. The summed E-state index contributed by atoms with van der Waals surface area (Å²) in [6, 6.07) is 6.45. The van der Waals surface area contributed by atoms with Gasteiger partial charge in [0.15, 0.2) is 0 Å². The molecule has 3 rings (SSSR count). The summed E-state index contributed by atoms with van der Waals surface area (Å²) in [7, 11) is 0. The number of carboxylic acid groups (broad SMARTS) is 1. The monoisotopic (exact) mass is 406 g/mol. The summed E-state index contributed by atoms with van der Waals surface area (Å²) in [5.41, 5.74) is -1.47. The number of halogens is 1. The minimum absolute atomic E-state index is 0.286. The molecule has 0 radical (unpaired) electrons. The first-order valence-electron chi connectivity index (χ1n) is 9.69. The molecule has 7 heteroatoms. The summed E-state index contributed by atoms with van der Waals surface area (Å²) in [6.45, 7) is 7.35. The van der Waals surface area contributed by atoms with Crippen LogP contribution in [0.3, 0.4) is 0 Å². The summed E-state index contributed by atoms with van der Waals surface area (Å²) < 4.78 is 0. The Morgan fingerprint density at radius 3 is 2.50 bits per heavy atom. The number of amides is 2. The number of carbonyl (C=O) groups excluding carboxylic acids is 2. The lowest BCUT2D eigenvalue weighted by Gasteiger charge is -2.35. The Balaban J connectivity index is 2.16. The largest absolute Gasteiger partial charge is 0.480 e. The maximum Gasteiger partial charge on any atom is 0.324 e. The second-order valence-corrected chi connectivity index (χ2v) is 9.18. The van der Waals surface area contributed by atoms with Crippen molar-refractivity contribution < 1.29 is 19.5 Å². The number of fused-ring (bicyclic) bond motifs is 1. The van der Waals surface area contributed by atoms with Crippen LogP contribution in [-0.2, 0) is 14.4 Å². The highest BCUT2D eigenvalue weighted by molar-refractivity contribution is 6.30. The van der Waals surface area contributed by atoms with E-state index in [1.54, 1.807) is 39.0 Å². The molecule has 1 aromatic rings. The van der Waals surface area contributed by atoms with E-state index in [0.29, 0.717) is 11.4 Å². The van der Waals surface area contributed by atoms with E-state index in [1.165, 1.54) is 4.90 Å². The summed E-state index contributed by atoms with van der Waals surface area (Å²) in [5, 5.41) is 13.9. The van der Waals surface area contributed by atoms with Crippen molar-refractivity contribution in [3.05, 3.63) is 34.9 Å². The van der Waals surface area contributed by atoms with Gasteiger partial charge in [0.25, 0.3) is 0 Å². The minimum atomic E-state index is -1.47. The van der Waals surface area contributed by atoms with Gasteiger partial charge in [-0.3, -0.25) is 24.6 Å². The summed E-state index contributed by atoms with van der Waals surface area (Å²) in [5.74, 6) is -3.51. The number of benzene rings is 1. The lowest BCUT2D eigenvalue weighted by Crippen LogP contribution is -2.57. The molecule has 2 aliphatic heterocycles. The zero-order valence-corrected chi connectivity index (χ0v) is 17.4. The zero-order chi connectivity index (χ0) is 20.9. The van der Waals surface area contributed by atoms with E-state index < -0.39 is 40.8 Å². The fourth-order valence-corrected chi connectivity index (χ4v) is 4.84. The quantitative estimate of drug-likeness (QED) is 0.732. The molecular weight excluding hydrogens is 380 g/mol. The van der Waals surface area contributed by atoms with Crippen LogP contribution in [0.2, 0.25) is 5.02 Å². The van der Waals surface area contributed by atoms with Crippen LogP contribution in [-0.4, -0.2) is 38.9 Å². The number of hydrogen-bond donors (Lipinski definition) is 2. The maximum atomic E-state index is 13.3. The van der Waals surface area contributed by atoms with Crippen LogP contribution in [0, 0.1) is 11.8 Å². The van der Waals surface area contributed by atoms with E-state index in [1.807, 2.05) is 13.0 Å². The lowest BCUT2D eigenvalue weighted by atomic mass is 9.76. The Bertz CT molecular complexity index is 819. The van der Waals surface area contributed by atoms with Crippen LogP contribution in [0.25, 0.3) is 0 Å². The molecule has 0 aromatic heterocycles. The standard InChI is InChI=1S/C21H27ClN2O4/c1-5-6-10-21(19(27)28)15-14(17(25)24(18(15)26)20(2,3)4)16(23-21)12-8-7-9-13(22)11-12/h7-9,11,14-16,23H,5-6,10H2,1-4H3,(H,27,28). The third-order valence-electron chi connectivity index (χ3n) is 5.84. The van der Waals surface area contributed by atoms with Gasteiger partial charge in [0.05, 0.1) is 11.8 Å². The van der Waals surface area contributed by atoms with Crippen molar-refractivity contribution in [2.75, 3.05) is 0 Å². The number of aliphatic carboxylic acids is 1. The molecule has 152 valence electrons. The average Bonchev–Trinajstić information content (AvgIpc) is 3.08. The number of nitrogens with zero attached hydrogens (tertiary/aromatic N) is 1. The molecule has 6 nitrogen and oxygen atoms in total. The Morgan fingerprint density at radius 1 is 1.29 bits per heavy atom. The molecule has 2 saturated heterocycles. The summed E-state index contributed by atoms with van der Waals surface area (Å²) in [6.07, 6.45) is 1.72. The summed E-state index contributed by atoms with van der Waals surface area (Å²) >= 11 is 6.14. The van der Waals surface area contributed by atoms with Crippen molar-refractivity contribution in [3.8, 4) is 0 Å². The van der Waals surface area contributed by atoms with Gasteiger partial charge in [-0.15, -0.1) is 0 Å². The molecular formula is C21H27ClN2O4. The zero-order valence-electron chi connectivity index (χ0n) is 16.7. The SMILES string of the molecule is CCCCC1(C(=O)O)NC(c2cccc(Cl)c2)C2C(=O)N(C(C)(C)C)C(=O)C21. The molecule has 2 heterocycles. The van der Waals surface area contributed by atoms with Crippen molar-refractivity contribution in [3.63, 3.8) is 0 Å². The van der Waals surface area contributed by atoms with Gasteiger partial charge < -0.3 is 5.11 Å². The molecule has 0 bridgehead atoms. The summed E-state index contributed by atoms with van der Waals surface area (Å²) in [4.78, 5) is 40.4. The van der Waals surface area contributed by atoms with Crippen molar-refractivity contribution in [1.82, 2.24) is 10.2 Å². The van der Waals surface area contributed by atoms with E-state index in [-0.39, 0.29) is 12.3 Å². The Morgan fingerprint density at radius 2 is 1.96 bits per heavy atom. The number of nitrogens with one attached hydrogen (secondary N) is 1. The van der Waals surface area contributed by atoms with Crippen molar-refractivity contribution in [1.29, 1.82) is 0 Å². The fraction of sp³-hybridized carbons (Fsp3) is 0.571. The molecule has 1 aromatic carbocycles. The highest BCUT2D eigenvalue weighted by atomic mass is 35.5. The fourth-order valence-electron chi connectivity index (χ4n) is 4.64. The highest BCUT2D eigenvalue weighted by Gasteiger charge is 2.69. The van der Waals surface area contributed by atoms with Gasteiger partial charge in [-0.2, -0.15) is 0 Å². The van der Waals surface area contributed by atoms with Gasteiger partial charge >= 0.3 is 5.97 Å². The number of unbranched alkanes of at least 4 members (excludes halogenated alkanes) is 1. The molecule has 4 unspecified atom stereocenters. The molecule has 0 spiro atoms. The Labute approximate surface area is 170 Å².